The number of aromatic nitrogens is 2. The van der Waals surface area contributed by atoms with Gasteiger partial charge in [-0.25, -0.2) is 0 Å². The van der Waals surface area contributed by atoms with Crippen LogP contribution in [-0.2, 0) is 0 Å². The fourth-order valence-electron chi connectivity index (χ4n) is 3.10. The molecule has 0 saturated heterocycles. The van der Waals surface area contributed by atoms with E-state index in [0.29, 0.717) is 0 Å². The van der Waals surface area contributed by atoms with Gasteiger partial charge in [0.15, 0.2) is 0 Å². The number of benzene rings is 3. The fraction of sp³-hybridized carbons (Fsp3) is 0.0870. The lowest BCUT2D eigenvalue weighted by Crippen LogP contribution is -1.90. The molecule has 0 radical (unpaired) electrons. The Morgan fingerprint density at radius 2 is 1.41 bits per heavy atom. The van der Waals surface area contributed by atoms with Crippen LogP contribution in [0.25, 0.3) is 33.6 Å². The molecule has 1 aromatic heterocycles. The van der Waals surface area contributed by atoms with Gasteiger partial charge in [0.05, 0.1) is 25.6 Å². The van der Waals surface area contributed by atoms with Crippen molar-refractivity contribution in [2.24, 2.45) is 0 Å². The summed E-state index contributed by atoms with van der Waals surface area (Å²) < 4.78 is 10.8. The topological polar surface area (TPSA) is 47.1 Å². The summed E-state index contributed by atoms with van der Waals surface area (Å²) in [6, 6.07) is 26.5. The normalized spacial score (nSPS) is 10.6. The second-order valence-electron chi connectivity index (χ2n) is 6.18. The summed E-state index contributed by atoms with van der Waals surface area (Å²) in [5, 5.41) is 7.58. The van der Waals surface area contributed by atoms with Crippen molar-refractivity contribution in [1.82, 2.24) is 10.2 Å². The van der Waals surface area contributed by atoms with E-state index >= 15 is 0 Å². The SMILES string of the molecule is COc1ccc(OC)c(-c2cc(-c3ccc(-c4ccccc4)cc3)n[nH]2)c1. The van der Waals surface area contributed by atoms with Crippen LogP contribution in [-0.4, -0.2) is 24.4 Å². The highest BCUT2D eigenvalue weighted by Gasteiger charge is 2.12. The van der Waals surface area contributed by atoms with Crippen LogP contribution in [0.15, 0.2) is 78.9 Å². The molecule has 0 unspecified atom stereocenters. The zero-order chi connectivity index (χ0) is 18.6. The zero-order valence-corrected chi connectivity index (χ0v) is 15.3. The molecule has 0 aliphatic rings. The monoisotopic (exact) mass is 356 g/mol. The van der Waals surface area contributed by atoms with Crippen molar-refractivity contribution in [3.63, 3.8) is 0 Å². The molecule has 0 saturated carbocycles. The van der Waals surface area contributed by atoms with E-state index in [1.807, 2.05) is 42.5 Å². The Kier molecular flexibility index (Phi) is 4.62. The second-order valence-corrected chi connectivity index (χ2v) is 6.18. The molecule has 4 heteroatoms. The van der Waals surface area contributed by atoms with Gasteiger partial charge in [0.25, 0.3) is 0 Å². The summed E-state index contributed by atoms with van der Waals surface area (Å²) in [5.41, 5.74) is 6.12. The number of nitrogens with zero attached hydrogens (tertiary/aromatic N) is 1. The van der Waals surface area contributed by atoms with Crippen LogP contribution in [0.3, 0.4) is 0 Å². The third kappa shape index (κ3) is 3.42. The molecule has 3 aromatic carbocycles. The Morgan fingerprint density at radius 1 is 0.704 bits per heavy atom. The van der Waals surface area contributed by atoms with Gasteiger partial charge in [0.1, 0.15) is 11.5 Å². The van der Waals surface area contributed by atoms with Crippen LogP contribution >= 0.6 is 0 Å². The number of ether oxygens (including phenoxy) is 2. The van der Waals surface area contributed by atoms with E-state index < -0.39 is 0 Å². The van der Waals surface area contributed by atoms with E-state index in [1.54, 1.807) is 14.2 Å². The van der Waals surface area contributed by atoms with Crippen molar-refractivity contribution in [2.45, 2.75) is 0 Å². The minimum absolute atomic E-state index is 0.769. The number of rotatable bonds is 5. The summed E-state index contributed by atoms with van der Waals surface area (Å²) in [6.07, 6.45) is 0. The molecule has 0 aliphatic carbocycles. The number of hydrogen-bond acceptors (Lipinski definition) is 3. The summed E-state index contributed by atoms with van der Waals surface area (Å²) >= 11 is 0. The molecular weight excluding hydrogens is 336 g/mol. The first kappa shape index (κ1) is 16.9. The fourth-order valence-corrected chi connectivity index (χ4v) is 3.10. The number of methoxy groups -OCH3 is 2. The van der Waals surface area contributed by atoms with Gasteiger partial charge in [-0.3, -0.25) is 5.10 Å². The van der Waals surface area contributed by atoms with Gasteiger partial charge in [0, 0.05) is 11.1 Å². The molecule has 1 N–H and O–H groups in total. The quantitative estimate of drug-likeness (QED) is 0.519. The van der Waals surface area contributed by atoms with Gasteiger partial charge in [-0.05, 0) is 35.4 Å². The van der Waals surface area contributed by atoms with Gasteiger partial charge in [-0.2, -0.15) is 5.10 Å². The first-order valence-corrected chi connectivity index (χ1v) is 8.72. The van der Waals surface area contributed by atoms with E-state index in [1.165, 1.54) is 11.1 Å². The Morgan fingerprint density at radius 3 is 2.11 bits per heavy atom. The first-order chi connectivity index (χ1) is 13.3. The molecule has 27 heavy (non-hydrogen) atoms. The highest BCUT2D eigenvalue weighted by Crippen LogP contribution is 2.34. The Labute approximate surface area is 158 Å². The molecule has 4 nitrogen and oxygen atoms in total. The Bertz CT molecular complexity index is 1040. The minimum Gasteiger partial charge on any atom is -0.497 e. The van der Waals surface area contributed by atoms with Gasteiger partial charge >= 0.3 is 0 Å². The minimum atomic E-state index is 0.769. The van der Waals surface area contributed by atoms with Crippen LogP contribution in [0.2, 0.25) is 0 Å². The third-order valence-corrected chi connectivity index (χ3v) is 4.56. The number of aromatic amines is 1. The third-order valence-electron chi connectivity index (χ3n) is 4.56. The van der Waals surface area contributed by atoms with E-state index in [0.717, 1.165) is 34.0 Å². The smallest absolute Gasteiger partial charge is 0.128 e. The van der Waals surface area contributed by atoms with Gasteiger partial charge < -0.3 is 9.47 Å². The summed E-state index contributed by atoms with van der Waals surface area (Å²) in [5.74, 6) is 1.54. The van der Waals surface area contributed by atoms with Crippen LogP contribution in [0, 0.1) is 0 Å². The maximum Gasteiger partial charge on any atom is 0.128 e. The van der Waals surface area contributed by atoms with E-state index in [2.05, 4.69) is 46.6 Å². The second kappa shape index (κ2) is 7.38. The zero-order valence-electron chi connectivity index (χ0n) is 15.3. The number of nitrogens with one attached hydrogen (secondary N) is 1. The van der Waals surface area contributed by atoms with E-state index in [9.17, 15) is 0 Å². The van der Waals surface area contributed by atoms with Crippen LogP contribution in [0.1, 0.15) is 0 Å². The van der Waals surface area contributed by atoms with Gasteiger partial charge in [-0.1, -0.05) is 54.6 Å². The highest BCUT2D eigenvalue weighted by molar-refractivity contribution is 5.75. The predicted molar refractivity (Wildman–Crippen MR) is 108 cm³/mol. The molecule has 0 fully saturated rings. The Balaban J connectivity index is 1.65. The average Bonchev–Trinajstić information content (AvgIpc) is 3.24. The molecule has 0 amide bonds. The van der Waals surface area contributed by atoms with Crippen molar-refractivity contribution >= 4 is 0 Å². The lowest BCUT2D eigenvalue weighted by molar-refractivity contribution is 0.404. The molecule has 134 valence electrons. The van der Waals surface area contributed by atoms with Crippen molar-refractivity contribution in [2.75, 3.05) is 14.2 Å². The summed E-state index contributed by atoms with van der Waals surface area (Å²) in [4.78, 5) is 0. The number of hydrogen-bond donors (Lipinski definition) is 1. The molecule has 4 aromatic rings. The molecule has 0 spiro atoms. The van der Waals surface area contributed by atoms with E-state index in [4.69, 9.17) is 9.47 Å². The molecule has 1 heterocycles. The maximum atomic E-state index is 5.48. The highest BCUT2D eigenvalue weighted by atomic mass is 16.5. The largest absolute Gasteiger partial charge is 0.497 e. The first-order valence-electron chi connectivity index (χ1n) is 8.72. The summed E-state index contributed by atoms with van der Waals surface area (Å²) in [7, 11) is 3.31. The molecular formula is C23H20N2O2. The number of H-pyrrole nitrogens is 1. The average molecular weight is 356 g/mol. The van der Waals surface area contributed by atoms with Gasteiger partial charge in [0.2, 0.25) is 0 Å². The van der Waals surface area contributed by atoms with E-state index in [-0.39, 0.29) is 0 Å². The maximum absolute atomic E-state index is 5.48. The summed E-state index contributed by atoms with van der Waals surface area (Å²) in [6.45, 7) is 0. The molecule has 0 aliphatic heterocycles. The van der Waals surface area contributed by atoms with Gasteiger partial charge in [-0.15, -0.1) is 0 Å². The van der Waals surface area contributed by atoms with Crippen molar-refractivity contribution < 1.29 is 9.47 Å². The molecule has 0 atom stereocenters. The predicted octanol–water partition coefficient (Wildman–Crippen LogP) is 5.43. The van der Waals surface area contributed by atoms with Crippen molar-refractivity contribution in [3.05, 3.63) is 78.9 Å². The van der Waals surface area contributed by atoms with Crippen LogP contribution < -0.4 is 9.47 Å². The van der Waals surface area contributed by atoms with Crippen molar-refractivity contribution in [3.8, 4) is 45.1 Å². The van der Waals surface area contributed by atoms with Crippen LogP contribution in [0.4, 0.5) is 0 Å². The molecule has 0 bridgehead atoms. The van der Waals surface area contributed by atoms with Crippen molar-refractivity contribution in [1.29, 1.82) is 0 Å². The van der Waals surface area contributed by atoms with Crippen LogP contribution in [0.5, 0.6) is 11.5 Å². The Hall–Kier alpha value is -3.53. The lowest BCUT2D eigenvalue weighted by Gasteiger charge is -2.08. The lowest BCUT2D eigenvalue weighted by atomic mass is 10.0. The standard InChI is InChI=1S/C23H20N2O2/c1-26-19-12-13-23(27-2)20(14-19)22-15-21(24-25-22)18-10-8-17(9-11-18)16-6-4-3-5-7-16/h3-15H,1-2H3,(H,24,25). The molecule has 4 rings (SSSR count).